The predicted octanol–water partition coefficient (Wildman–Crippen LogP) is 2.74. The number of benzene rings is 1. The maximum absolute atomic E-state index is 12.7. The zero-order valence-corrected chi connectivity index (χ0v) is 19.1. The number of aryl methyl sites for hydroxylation is 1. The highest BCUT2D eigenvalue weighted by molar-refractivity contribution is 8.01. The van der Waals surface area contributed by atoms with E-state index in [4.69, 9.17) is 0 Å². The third-order valence-corrected chi connectivity index (χ3v) is 8.29. The van der Waals surface area contributed by atoms with E-state index in [0.29, 0.717) is 27.3 Å². The minimum atomic E-state index is -3.33. The quantitative estimate of drug-likeness (QED) is 0.351. The molecule has 0 N–H and O–H groups in total. The third-order valence-electron chi connectivity index (χ3n) is 5.06. The smallest absolute Gasteiger partial charge is 0.232 e. The normalized spacial score (nSPS) is 16.3. The topological polar surface area (TPSA) is 101 Å². The van der Waals surface area contributed by atoms with Gasteiger partial charge in [0.1, 0.15) is 0 Å². The van der Waals surface area contributed by atoms with Gasteiger partial charge in [-0.3, -0.25) is 18.8 Å². The van der Waals surface area contributed by atoms with E-state index in [0.717, 1.165) is 31.2 Å². The van der Waals surface area contributed by atoms with Gasteiger partial charge >= 0.3 is 0 Å². The van der Waals surface area contributed by atoms with Crippen molar-refractivity contribution in [1.82, 2.24) is 10.2 Å². The maximum Gasteiger partial charge on any atom is 0.232 e. The second kappa shape index (κ2) is 8.27. The summed E-state index contributed by atoms with van der Waals surface area (Å²) in [6, 6.07) is 5.42. The van der Waals surface area contributed by atoms with Crippen LogP contribution in [0.25, 0.3) is 0 Å². The molecule has 1 aromatic carbocycles. The van der Waals surface area contributed by atoms with Crippen molar-refractivity contribution in [1.29, 1.82) is 0 Å². The summed E-state index contributed by atoms with van der Waals surface area (Å²) in [6.45, 7) is 1.99. The van der Waals surface area contributed by atoms with Gasteiger partial charge in [0.25, 0.3) is 0 Å². The van der Waals surface area contributed by atoms with Crippen LogP contribution in [0.2, 0.25) is 0 Å². The van der Waals surface area contributed by atoms with Crippen LogP contribution < -0.4 is 9.21 Å². The molecule has 2 aromatic rings. The van der Waals surface area contributed by atoms with Crippen molar-refractivity contribution in [2.45, 2.75) is 43.0 Å². The molecule has 0 atom stereocenters. The number of carbonyl (C=O) groups excluding carboxylic acids is 2. The van der Waals surface area contributed by atoms with E-state index in [-0.39, 0.29) is 23.5 Å². The average molecular weight is 467 g/mol. The fourth-order valence-electron chi connectivity index (χ4n) is 3.53. The highest BCUT2D eigenvalue weighted by Crippen LogP contribution is 2.36. The first-order valence-corrected chi connectivity index (χ1v) is 13.3. The Labute approximate surface area is 183 Å². The summed E-state index contributed by atoms with van der Waals surface area (Å²) in [4.78, 5) is 26.2. The van der Waals surface area contributed by atoms with Gasteiger partial charge in [-0.1, -0.05) is 23.1 Å². The number of hydrogen-bond donors (Lipinski definition) is 0. The molecule has 0 unspecified atom stereocenters. The van der Waals surface area contributed by atoms with Gasteiger partial charge in [-0.05, 0) is 49.4 Å². The molecule has 0 saturated heterocycles. The minimum Gasteiger partial charge on any atom is -0.293 e. The molecule has 1 fully saturated rings. The number of hydrogen-bond acceptors (Lipinski definition) is 8. The first-order chi connectivity index (χ1) is 14.2. The Kier molecular flexibility index (Phi) is 5.86. The number of rotatable bonds is 7. The van der Waals surface area contributed by atoms with Crippen molar-refractivity contribution in [2.24, 2.45) is 0 Å². The molecule has 2 aliphatic rings. The summed E-state index contributed by atoms with van der Waals surface area (Å²) in [6.07, 6.45) is 4.64. The predicted molar refractivity (Wildman–Crippen MR) is 118 cm³/mol. The number of aromatic nitrogens is 2. The molecule has 1 saturated carbocycles. The molecule has 1 aliphatic heterocycles. The van der Waals surface area contributed by atoms with Crippen LogP contribution in [0.1, 0.15) is 42.1 Å². The first kappa shape index (κ1) is 21.3. The van der Waals surface area contributed by atoms with Gasteiger partial charge < -0.3 is 0 Å². The number of Topliss-reactive ketones (excluding diaryl/α,β-unsaturated/α-hetero) is 1. The lowest BCUT2D eigenvalue weighted by atomic mass is 9.99. The first-order valence-electron chi connectivity index (χ1n) is 9.64. The summed E-state index contributed by atoms with van der Waals surface area (Å²) in [5.41, 5.74) is 2.10. The molecule has 30 heavy (non-hydrogen) atoms. The van der Waals surface area contributed by atoms with Gasteiger partial charge in [-0.25, -0.2) is 8.42 Å². The Bertz CT molecular complexity index is 1090. The van der Waals surface area contributed by atoms with Crippen LogP contribution in [-0.4, -0.2) is 54.9 Å². The van der Waals surface area contributed by atoms with Crippen molar-refractivity contribution >= 4 is 55.6 Å². The van der Waals surface area contributed by atoms with Crippen molar-refractivity contribution in [3.63, 3.8) is 0 Å². The fraction of sp³-hybridized carbons (Fsp3) is 0.474. The highest BCUT2D eigenvalue weighted by atomic mass is 32.2. The van der Waals surface area contributed by atoms with E-state index in [1.165, 1.54) is 40.6 Å². The highest BCUT2D eigenvalue weighted by Gasteiger charge is 2.34. The number of sulfonamides is 1. The molecule has 11 heteroatoms. The SMILES string of the molecule is CC(=O)N(c1nnc(SCC(=O)c2ccc3c(c2)CCCN3S(C)(=O)=O)s1)C1CC1. The summed E-state index contributed by atoms with van der Waals surface area (Å²) >= 11 is 2.62. The molecular formula is C19H22N4O4S3. The Hall–Kier alpha value is -1.98. The van der Waals surface area contributed by atoms with E-state index in [1.807, 2.05) is 0 Å². The van der Waals surface area contributed by atoms with Crippen LogP contribution in [0.15, 0.2) is 22.5 Å². The maximum atomic E-state index is 12.7. The molecule has 8 nitrogen and oxygen atoms in total. The van der Waals surface area contributed by atoms with Crippen LogP contribution >= 0.6 is 23.1 Å². The molecule has 2 heterocycles. The van der Waals surface area contributed by atoms with E-state index in [9.17, 15) is 18.0 Å². The van der Waals surface area contributed by atoms with E-state index >= 15 is 0 Å². The lowest BCUT2D eigenvalue weighted by molar-refractivity contribution is -0.116. The van der Waals surface area contributed by atoms with Crippen LogP contribution in [0.5, 0.6) is 0 Å². The van der Waals surface area contributed by atoms with Gasteiger partial charge in [0, 0.05) is 25.1 Å². The van der Waals surface area contributed by atoms with Crippen LogP contribution in [-0.2, 0) is 21.2 Å². The molecule has 0 bridgehead atoms. The summed E-state index contributed by atoms with van der Waals surface area (Å²) < 4.78 is 26.0. The Morgan fingerprint density at radius 2 is 2.07 bits per heavy atom. The van der Waals surface area contributed by atoms with Gasteiger partial charge in [0.05, 0.1) is 17.7 Å². The van der Waals surface area contributed by atoms with E-state index < -0.39 is 10.0 Å². The van der Waals surface area contributed by atoms with E-state index in [1.54, 1.807) is 23.1 Å². The summed E-state index contributed by atoms with van der Waals surface area (Å²) in [5, 5.41) is 8.81. The summed E-state index contributed by atoms with van der Waals surface area (Å²) in [5.74, 6) is 0.104. The van der Waals surface area contributed by atoms with E-state index in [2.05, 4.69) is 10.2 Å². The fourth-order valence-corrected chi connectivity index (χ4v) is 6.38. The lowest BCUT2D eigenvalue weighted by Crippen LogP contribution is -2.34. The van der Waals surface area contributed by atoms with Crippen molar-refractivity contribution in [2.75, 3.05) is 27.8 Å². The number of anilines is 2. The number of thioether (sulfide) groups is 1. The van der Waals surface area contributed by atoms with Crippen molar-refractivity contribution in [3.8, 4) is 0 Å². The molecule has 1 aromatic heterocycles. The molecule has 160 valence electrons. The standard InChI is InChI=1S/C19H22N4O4S3/c1-12(24)23(15-6-7-15)18-20-21-19(29-18)28-11-17(25)14-5-8-16-13(10-14)4-3-9-22(16)30(2,26)27/h5,8,10,15H,3-4,6-7,9,11H2,1-2H3. The molecule has 1 aliphatic carbocycles. The Balaban J connectivity index is 1.43. The number of ketones is 1. The number of nitrogens with zero attached hydrogens (tertiary/aromatic N) is 4. The Morgan fingerprint density at radius 1 is 1.30 bits per heavy atom. The summed E-state index contributed by atoms with van der Waals surface area (Å²) in [7, 11) is -3.33. The van der Waals surface area contributed by atoms with Gasteiger partial charge in [-0.15, -0.1) is 10.2 Å². The number of fused-ring (bicyclic) bond motifs is 1. The van der Waals surface area contributed by atoms with Gasteiger partial charge in [0.2, 0.25) is 21.1 Å². The van der Waals surface area contributed by atoms with Gasteiger partial charge in [0.15, 0.2) is 10.1 Å². The zero-order valence-electron chi connectivity index (χ0n) is 16.7. The molecule has 4 rings (SSSR count). The molecule has 1 amide bonds. The Morgan fingerprint density at radius 3 is 2.73 bits per heavy atom. The van der Waals surface area contributed by atoms with Crippen molar-refractivity contribution < 1.29 is 18.0 Å². The van der Waals surface area contributed by atoms with Crippen molar-refractivity contribution in [3.05, 3.63) is 29.3 Å². The largest absolute Gasteiger partial charge is 0.293 e. The average Bonchev–Trinajstić information content (AvgIpc) is 3.41. The molecular weight excluding hydrogens is 444 g/mol. The van der Waals surface area contributed by atoms with Gasteiger partial charge in [-0.2, -0.15) is 0 Å². The molecule has 0 radical (unpaired) electrons. The number of amides is 1. The second-order valence-electron chi connectivity index (χ2n) is 7.46. The number of carbonyl (C=O) groups is 2. The monoisotopic (exact) mass is 466 g/mol. The second-order valence-corrected chi connectivity index (χ2v) is 11.6. The van der Waals surface area contributed by atoms with Crippen LogP contribution in [0.3, 0.4) is 0 Å². The minimum absolute atomic E-state index is 0.0431. The zero-order chi connectivity index (χ0) is 21.5. The third kappa shape index (κ3) is 4.52. The van der Waals surface area contributed by atoms with Crippen LogP contribution in [0.4, 0.5) is 10.8 Å². The lowest BCUT2D eigenvalue weighted by Gasteiger charge is -2.29. The molecule has 0 spiro atoms. The van der Waals surface area contributed by atoms with Crippen LogP contribution in [0, 0.1) is 0 Å².